The maximum atomic E-state index is 12.3. The topological polar surface area (TPSA) is 68.5 Å². The number of fused-ring (bicyclic) bond motifs is 1. The number of rotatable bonds is 4. The molecule has 0 radical (unpaired) electrons. The summed E-state index contributed by atoms with van der Waals surface area (Å²) in [5.41, 5.74) is -0.311. The van der Waals surface area contributed by atoms with Crippen molar-refractivity contribution in [2.24, 2.45) is 0 Å². The normalized spacial score (nSPS) is 11.3. The lowest BCUT2D eigenvalue weighted by Gasteiger charge is -2.10. The zero-order valence-corrected chi connectivity index (χ0v) is 13.2. The Morgan fingerprint density at radius 2 is 1.77 bits per heavy atom. The van der Waals surface area contributed by atoms with Crippen molar-refractivity contribution in [2.75, 3.05) is 11.9 Å². The van der Waals surface area contributed by atoms with E-state index in [1.807, 2.05) is 0 Å². The van der Waals surface area contributed by atoms with E-state index in [0.717, 1.165) is 0 Å². The van der Waals surface area contributed by atoms with Crippen molar-refractivity contribution in [3.8, 4) is 5.75 Å². The zero-order chi connectivity index (χ0) is 18.7. The highest BCUT2D eigenvalue weighted by atomic mass is 19.4. The van der Waals surface area contributed by atoms with Crippen molar-refractivity contribution in [3.63, 3.8) is 0 Å². The van der Waals surface area contributed by atoms with Crippen LogP contribution in [0.4, 0.5) is 18.9 Å². The van der Waals surface area contributed by atoms with Crippen LogP contribution in [0.15, 0.2) is 63.8 Å². The average Bonchev–Trinajstić information content (AvgIpc) is 2.60. The van der Waals surface area contributed by atoms with Crippen LogP contribution in [0.25, 0.3) is 11.0 Å². The molecule has 0 saturated carbocycles. The summed E-state index contributed by atoms with van der Waals surface area (Å²) in [4.78, 5) is 24.2. The van der Waals surface area contributed by atoms with Gasteiger partial charge < -0.3 is 14.5 Å². The summed E-state index contributed by atoms with van der Waals surface area (Å²) in [5, 5.41) is 3.08. The zero-order valence-electron chi connectivity index (χ0n) is 13.2. The minimum Gasteiger partial charge on any atom is -0.484 e. The summed E-state index contributed by atoms with van der Waals surface area (Å²) in [6.07, 6.45) is -4.43. The molecule has 0 spiro atoms. The van der Waals surface area contributed by atoms with E-state index in [4.69, 9.17) is 4.42 Å². The fourth-order valence-electron chi connectivity index (χ4n) is 2.22. The van der Waals surface area contributed by atoms with Gasteiger partial charge in [-0.05, 0) is 36.4 Å². The second-order valence-electron chi connectivity index (χ2n) is 5.37. The molecule has 0 saturated heterocycles. The average molecular weight is 363 g/mol. The summed E-state index contributed by atoms with van der Waals surface area (Å²) >= 11 is 0. The molecule has 0 aliphatic rings. The molecular formula is C18H12F3NO4. The fraction of sp³-hybridized carbons (Fsp3) is 0.111. The summed E-state index contributed by atoms with van der Waals surface area (Å²) in [7, 11) is 0. The number of carbonyl (C=O) groups is 1. The first-order valence-electron chi connectivity index (χ1n) is 7.46. The van der Waals surface area contributed by atoms with Crippen molar-refractivity contribution in [1.82, 2.24) is 0 Å². The van der Waals surface area contributed by atoms with Crippen LogP contribution in [0.2, 0.25) is 0 Å². The number of nitrogens with one attached hydrogen (secondary N) is 1. The van der Waals surface area contributed by atoms with E-state index in [1.54, 1.807) is 24.3 Å². The summed E-state index contributed by atoms with van der Waals surface area (Å²) in [6, 6.07) is 13.5. The lowest BCUT2D eigenvalue weighted by Crippen LogP contribution is -2.20. The number of benzene rings is 2. The van der Waals surface area contributed by atoms with E-state index >= 15 is 0 Å². The molecular weight excluding hydrogens is 351 g/mol. The second kappa shape index (κ2) is 6.91. The van der Waals surface area contributed by atoms with Gasteiger partial charge in [-0.25, -0.2) is 4.79 Å². The Labute approximate surface area is 145 Å². The Morgan fingerprint density at radius 3 is 2.46 bits per heavy atom. The van der Waals surface area contributed by atoms with Crippen LogP contribution in [0.3, 0.4) is 0 Å². The van der Waals surface area contributed by atoms with Gasteiger partial charge in [0.2, 0.25) is 0 Å². The molecule has 0 bridgehead atoms. The molecule has 1 amide bonds. The van der Waals surface area contributed by atoms with Crippen LogP contribution in [0.1, 0.15) is 10.4 Å². The van der Waals surface area contributed by atoms with Gasteiger partial charge in [0, 0.05) is 11.1 Å². The number of hydrogen-bond donors (Lipinski definition) is 1. The fourth-order valence-corrected chi connectivity index (χ4v) is 2.22. The molecule has 26 heavy (non-hydrogen) atoms. The van der Waals surface area contributed by atoms with Crippen molar-refractivity contribution in [1.29, 1.82) is 0 Å². The Bertz CT molecular complexity index is 994. The molecule has 0 atom stereocenters. The number of para-hydroxylation sites is 1. The first-order chi connectivity index (χ1) is 12.3. The van der Waals surface area contributed by atoms with Gasteiger partial charge in [0.25, 0.3) is 5.91 Å². The Hall–Kier alpha value is -3.29. The summed E-state index contributed by atoms with van der Waals surface area (Å²) in [5.74, 6) is -0.681. The summed E-state index contributed by atoms with van der Waals surface area (Å²) < 4.78 is 46.0. The van der Waals surface area contributed by atoms with Crippen LogP contribution < -0.4 is 15.7 Å². The third-order valence-electron chi connectivity index (χ3n) is 3.40. The highest BCUT2D eigenvalue weighted by molar-refractivity contribution is 6.05. The maximum absolute atomic E-state index is 12.3. The van der Waals surface area contributed by atoms with Crippen molar-refractivity contribution in [3.05, 3.63) is 70.6 Å². The molecule has 0 aliphatic heterocycles. The van der Waals surface area contributed by atoms with E-state index in [-0.39, 0.29) is 11.3 Å². The minimum absolute atomic E-state index is 0.00513. The van der Waals surface area contributed by atoms with E-state index in [1.165, 1.54) is 30.3 Å². The Morgan fingerprint density at radius 1 is 1.08 bits per heavy atom. The number of carbonyl (C=O) groups excluding carboxylic acids is 1. The molecule has 2 aromatic carbocycles. The Balaban J connectivity index is 1.74. The highest BCUT2D eigenvalue weighted by Gasteiger charge is 2.28. The number of alkyl halides is 3. The van der Waals surface area contributed by atoms with Crippen molar-refractivity contribution >= 4 is 22.6 Å². The van der Waals surface area contributed by atoms with Gasteiger partial charge in [0.1, 0.15) is 16.9 Å². The molecule has 0 unspecified atom stereocenters. The van der Waals surface area contributed by atoms with Crippen LogP contribution in [0, 0.1) is 0 Å². The molecule has 3 aromatic rings. The number of amides is 1. The third kappa shape index (κ3) is 4.21. The first-order valence-corrected chi connectivity index (χ1v) is 7.46. The predicted octanol–water partition coefficient (Wildman–Crippen LogP) is 3.99. The van der Waals surface area contributed by atoms with E-state index in [9.17, 15) is 22.8 Å². The van der Waals surface area contributed by atoms with Crippen LogP contribution >= 0.6 is 0 Å². The lowest BCUT2D eigenvalue weighted by molar-refractivity contribution is -0.153. The van der Waals surface area contributed by atoms with E-state index in [2.05, 4.69) is 10.1 Å². The molecule has 5 nitrogen and oxygen atoms in total. The van der Waals surface area contributed by atoms with Crippen molar-refractivity contribution < 1.29 is 27.1 Å². The minimum atomic E-state index is -4.43. The van der Waals surface area contributed by atoms with Crippen molar-refractivity contribution in [2.45, 2.75) is 6.18 Å². The molecule has 1 aromatic heterocycles. The Kier molecular flexibility index (Phi) is 4.66. The van der Waals surface area contributed by atoms with Crippen LogP contribution in [0.5, 0.6) is 5.75 Å². The highest BCUT2D eigenvalue weighted by Crippen LogP contribution is 2.21. The number of halogens is 3. The van der Waals surface area contributed by atoms with Gasteiger partial charge in [-0.15, -0.1) is 0 Å². The number of ether oxygens (including phenoxy) is 1. The van der Waals surface area contributed by atoms with E-state index < -0.39 is 24.3 Å². The van der Waals surface area contributed by atoms with Gasteiger partial charge >= 0.3 is 11.8 Å². The van der Waals surface area contributed by atoms with Crippen LogP contribution in [-0.2, 0) is 0 Å². The predicted molar refractivity (Wildman–Crippen MR) is 88.4 cm³/mol. The maximum Gasteiger partial charge on any atom is 0.422 e. The molecule has 1 heterocycles. The van der Waals surface area contributed by atoms with Gasteiger partial charge in [0.05, 0.1) is 0 Å². The third-order valence-corrected chi connectivity index (χ3v) is 3.40. The van der Waals surface area contributed by atoms with E-state index in [0.29, 0.717) is 16.7 Å². The smallest absolute Gasteiger partial charge is 0.422 e. The standard InChI is InChI=1S/C18H12F3NO4/c19-18(20,21)10-25-13-7-5-12(6-8-13)22-16(23)14-9-11-3-1-2-4-15(11)26-17(14)24/h1-9H,10H2,(H,22,23). The molecule has 0 fully saturated rings. The van der Waals surface area contributed by atoms with Gasteiger partial charge in [-0.1, -0.05) is 18.2 Å². The first kappa shape index (κ1) is 17.5. The van der Waals surface area contributed by atoms with Gasteiger partial charge in [-0.3, -0.25) is 4.79 Å². The summed E-state index contributed by atoms with van der Waals surface area (Å²) in [6.45, 7) is -1.41. The SMILES string of the molecule is O=C(Nc1ccc(OCC(F)(F)F)cc1)c1cc2ccccc2oc1=O. The monoisotopic (exact) mass is 363 g/mol. The number of hydrogen-bond acceptors (Lipinski definition) is 4. The van der Waals surface area contributed by atoms with Gasteiger partial charge in [0.15, 0.2) is 6.61 Å². The molecule has 0 aliphatic carbocycles. The van der Waals surface area contributed by atoms with Crippen LogP contribution in [-0.4, -0.2) is 18.7 Å². The lowest BCUT2D eigenvalue weighted by atomic mass is 10.1. The molecule has 8 heteroatoms. The molecule has 1 N–H and O–H groups in total. The number of anilines is 1. The van der Waals surface area contributed by atoms with Gasteiger partial charge in [-0.2, -0.15) is 13.2 Å². The largest absolute Gasteiger partial charge is 0.484 e. The quantitative estimate of drug-likeness (QED) is 0.712. The second-order valence-corrected chi connectivity index (χ2v) is 5.37. The molecule has 3 rings (SSSR count). The molecule has 134 valence electrons.